The lowest BCUT2D eigenvalue weighted by Gasteiger charge is -2.12. The zero-order valence-electron chi connectivity index (χ0n) is 11.1. The first-order valence-corrected chi connectivity index (χ1v) is 5.99. The maximum absolute atomic E-state index is 5.38. The Labute approximate surface area is 109 Å². The number of nitrogens with zero attached hydrogens (tertiary/aromatic N) is 1. The van der Waals surface area contributed by atoms with Gasteiger partial charge in [0.05, 0.1) is 7.11 Å². The molecule has 93 valence electrons. The van der Waals surface area contributed by atoms with Crippen molar-refractivity contribution in [1.29, 1.82) is 0 Å². The second-order valence-corrected chi connectivity index (χ2v) is 4.56. The highest BCUT2D eigenvalue weighted by Crippen LogP contribution is 2.29. The first-order valence-electron chi connectivity index (χ1n) is 5.99. The molecule has 2 nitrogen and oxygen atoms in total. The van der Waals surface area contributed by atoms with Gasteiger partial charge in [-0.3, -0.25) is 0 Å². The van der Waals surface area contributed by atoms with Crippen molar-refractivity contribution in [3.63, 3.8) is 0 Å². The second kappa shape index (κ2) is 5.69. The molecule has 0 fully saturated rings. The zero-order chi connectivity index (χ0) is 13.0. The third kappa shape index (κ3) is 2.90. The molecule has 0 amide bonds. The Morgan fingerprint density at radius 3 is 2.78 bits per heavy atom. The molecule has 0 saturated heterocycles. The highest BCUT2D eigenvalue weighted by atomic mass is 16.5. The molecule has 0 aliphatic rings. The van der Waals surface area contributed by atoms with Crippen LogP contribution in [0, 0.1) is 6.07 Å². The molecule has 0 bridgehead atoms. The summed E-state index contributed by atoms with van der Waals surface area (Å²) in [6.45, 7) is 0.940. The Balaban J connectivity index is 2.38. The van der Waals surface area contributed by atoms with Gasteiger partial charge in [-0.15, -0.1) is 0 Å². The molecule has 0 heterocycles. The van der Waals surface area contributed by atoms with Crippen molar-refractivity contribution in [2.24, 2.45) is 0 Å². The summed E-state index contributed by atoms with van der Waals surface area (Å²) in [5.41, 5.74) is 3.59. The van der Waals surface area contributed by atoms with Crippen LogP contribution in [-0.4, -0.2) is 26.1 Å². The van der Waals surface area contributed by atoms with Crippen LogP contribution in [-0.2, 0) is 6.54 Å². The fourth-order valence-corrected chi connectivity index (χ4v) is 2.02. The molecular weight excluding hydrogens is 222 g/mol. The molecule has 2 heteroatoms. The molecule has 0 aliphatic carbocycles. The van der Waals surface area contributed by atoms with Crippen molar-refractivity contribution >= 4 is 0 Å². The minimum absolute atomic E-state index is 0.861. The van der Waals surface area contributed by atoms with E-state index in [9.17, 15) is 0 Å². The van der Waals surface area contributed by atoms with Gasteiger partial charge in [-0.1, -0.05) is 30.3 Å². The highest BCUT2D eigenvalue weighted by Gasteiger charge is 2.05. The van der Waals surface area contributed by atoms with Crippen molar-refractivity contribution in [3.8, 4) is 16.9 Å². The van der Waals surface area contributed by atoms with Gasteiger partial charge in [-0.25, -0.2) is 0 Å². The van der Waals surface area contributed by atoms with Gasteiger partial charge in [0.1, 0.15) is 5.75 Å². The van der Waals surface area contributed by atoms with Gasteiger partial charge < -0.3 is 9.64 Å². The van der Waals surface area contributed by atoms with Gasteiger partial charge in [0.15, 0.2) is 0 Å². The lowest BCUT2D eigenvalue weighted by Crippen LogP contribution is -2.10. The Morgan fingerprint density at radius 1 is 1.22 bits per heavy atom. The maximum Gasteiger partial charge on any atom is 0.127 e. The van der Waals surface area contributed by atoms with Gasteiger partial charge in [0.2, 0.25) is 0 Å². The van der Waals surface area contributed by atoms with Crippen LogP contribution in [0.2, 0.25) is 0 Å². The summed E-state index contributed by atoms with van der Waals surface area (Å²) < 4.78 is 5.38. The summed E-state index contributed by atoms with van der Waals surface area (Å²) in [6.07, 6.45) is 0. The van der Waals surface area contributed by atoms with Crippen LogP contribution in [0.1, 0.15) is 5.56 Å². The molecule has 2 aromatic carbocycles. The summed E-state index contributed by atoms with van der Waals surface area (Å²) in [4.78, 5) is 2.16. The SMILES string of the molecule is COc1c[c]ccc1-c1cccc(CN(C)C)c1. The van der Waals surface area contributed by atoms with Crippen LogP contribution >= 0.6 is 0 Å². The number of benzene rings is 2. The molecule has 1 radical (unpaired) electrons. The Hall–Kier alpha value is -1.80. The number of ether oxygens (including phenoxy) is 1. The predicted molar refractivity (Wildman–Crippen MR) is 74.7 cm³/mol. The van der Waals surface area contributed by atoms with E-state index < -0.39 is 0 Å². The lowest BCUT2D eigenvalue weighted by molar-refractivity contribution is 0.402. The highest BCUT2D eigenvalue weighted by molar-refractivity contribution is 5.70. The van der Waals surface area contributed by atoms with Gasteiger partial charge in [-0.05, 0) is 43.4 Å². The van der Waals surface area contributed by atoms with Crippen molar-refractivity contribution in [2.45, 2.75) is 6.54 Å². The van der Waals surface area contributed by atoms with E-state index in [-0.39, 0.29) is 0 Å². The third-order valence-electron chi connectivity index (χ3n) is 2.78. The largest absolute Gasteiger partial charge is 0.496 e. The van der Waals surface area contributed by atoms with E-state index in [0.29, 0.717) is 0 Å². The van der Waals surface area contributed by atoms with Crippen LogP contribution in [0.3, 0.4) is 0 Å². The Morgan fingerprint density at radius 2 is 2.06 bits per heavy atom. The van der Waals surface area contributed by atoms with Gasteiger partial charge >= 0.3 is 0 Å². The average Bonchev–Trinajstić information content (AvgIpc) is 2.38. The maximum atomic E-state index is 5.38. The van der Waals surface area contributed by atoms with Gasteiger partial charge in [0, 0.05) is 12.1 Å². The summed E-state index contributed by atoms with van der Waals surface area (Å²) in [6, 6.07) is 17.4. The molecule has 2 aromatic rings. The van der Waals surface area contributed by atoms with Crippen molar-refractivity contribution in [3.05, 3.63) is 54.1 Å². The third-order valence-corrected chi connectivity index (χ3v) is 2.78. The van der Waals surface area contributed by atoms with Crippen LogP contribution in [0.4, 0.5) is 0 Å². The van der Waals surface area contributed by atoms with E-state index in [2.05, 4.69) is 49.3 Å². The number of rotatable bonds is 4. The van der Waals surface area contributed by atoms with E-state index >= 15 is 0 Å². The van der Waals surface area contributed by atoms with Crippen LogP contribution in [0.5, 0.6) is 5.75 Å². The molecule has 0 spiro atoms. The first-order chi connectivity index (χ1) is 8.70. The molecule has 0 aromatic heterocycles. The molecule has 0 N–H and O–H groups in total. The lowest BCUT2D eigenvalue weighted by atomic mass is 10.0. The summed E-state index contributed by atoms with van der Waals surface area (Å²) in [5, 5.41) is 0. The topological polar surface area (TPSA) is 12.5 Å². The summed E-state index contributed by atoms with van der Waals surface area (Å²) >= 11 is 0. The molecule has 18 heavy (non-hydrogen) atoms. The summed E-state index contributed by atoms with van der Waals surface area (Å²) in [5.74, 6) is 0.861. The van der Waals surface area contributed by atoms with Crippen LogP contribution in [0.15, 0.2) is 42.5 Å². The van der Waals surface area contributed by atoms with Crippen LogP contribution in [0.25, 0.3) is 11.1 Å². The van der Waals surface area contributed by atoms with Crippen molar-refractivity contribution in [2.75, 3.05) is 21.2 Å². The zero-order valence-corrected chi connectivity index (χ0v) is 11.1. The molecular formula is C16H18NO. The minimum atomic E-state index is 0.861. The number of hydrogen-bond donors (Lipinski definition) is 0. The fraction of sp³-hybridized carbons (Fsp3) is 0.250. The Kier molecular flexibility index (Phi) is 4.00. The van der Waals surface area contributed by atoms with Gasteiger partial charge in [0.25, 0.3) is 0 Å². The number of hydrogen-bond acceptors (Lipinski definition) is 2. The quantitative estimate of drug-likeness (QED) is 0.813. The van der Waals surface area contributed by atoms with Gasteiger partial charge in [-0.2, -0.15) is 0 Å². The van der Waals surface area contributed by atoms with E-state index in [1.54, 1.807) is 7.11 Å². The molecule has 0 unspecified atom stereocenters. The van der Waals surface area contributed by atoms with E-state index in [0.717, 1.165) is 17.9 Å². The molecule has 0 aliphatic heterocycles. The van der Waals surface area contributed by atoms with Crippen LogP contribution < -0.4 is 4.74 Å². The second-order valence-electron chi connectivity index (χ2n) is 4.56. The van der Waals surface area contributed by atoms with Crippen molar-refractivity contribution in [1.82, 2.24) is 4.90 Å². The Bertz CT molecular complexity index is 520. The average molecular weight is 240 g/mol. The predicted octanol–water partition coefficient (Wildman–Crippen LogP) is 3.22. The fourth-order valence-electron chi connectivity index (χ4n) is 2.02. The molecule has 0 saturated carbocycles. The standard InChI is InChI=1S/C16H18NO/c1-17(2)12-13-7-6-8-14(11-13)15-9-4-5-10-16(15)18-3/h4,6-11H,12H2,1-3H3. The minimum Gasteiger partial charge on any atom is -0.496 e. The monoisotopic (exact) mass is 240 g/mol. The number of methoxy groups -OCH3 is 1. The van der Waals surface area contributed by atoms with E-state index in [1.807, 2.05) is 18.2 Å². The molecule has 2 rings (SSSR count). The first kappa shape index (κ1) is 12.7. The molecule has 0 atom stereocenters. The normalized spacial score (nSPS) is 10.7. The van der Waals surface area contributed by atoms with Crippen molar-refractivity contribution < 1.29 is 4.74 Å². The van der Waals surface area contributed by atoms with E-state index in [1.165, 1.54) is 11.1 Å². The van der Waals surface area contributed by atoms with E-state index in [4.69, 9.17) is 4.74 Å². The smallest absolute Gasteiger partial charge is 0.127 e. The summed E-state index contributed by atoms with van der Waals surface area (Å²) in [7, 11) is 5.84.